The highest BCUT2D eigenvalue weighted by atomic mass is 16.1. The van der Waals surface area contributed by atoms with Gasteiger partial charge in [-0.2, -0.15) is 5.26 Å². The lowest BCUT2D eigenvalue weighted by Gasteiger charge is -2.34. The van der Waals surface area contributed by atoms with Gasteiger partial charge in [0, 0.05) is 43.1 Å². The van der Waals surface area contributed by atoms with E-state index in [9.17, 15) is 10.1 Å². The Hall–Kier alpha value is -4.62. The van der Waals surface area contributed by atoms with E-state index in [1.165, 1.54) is 6.33 Å². The summed E-state index contributed by atoms with van der Waals surface area (Å²) >= 11 is 0. The van der Waals surface area contributed by atoms with Crippen LogP contribution in [-0.2, 0) is 4.79 Å². The number of likely N-dealkylation sites (N-methyl/N-ethyl adjacent to an activating group) is 1. The lowest BCUT2D eigenvalue weighted by atomic mass is 9.87. The normalized spacial score (nSPS) is 14.7. The van der Waals surface area contributed by atoms with Gasteiger partial charge in [0.05, 0.1) is 17.7 Å². The number of fused-ring (bicyclic) bond motifs is 1. The first-order valence-corrected chi connectivity index (χ1v) is 13.7. The van der Waals surface area contributed by atoms with Crippen LogP contribution in [0, 0.1) is 23.7 Å². The average Bonchev–Trinajstić information content (AvgIpc) is 2.98. The van der Waals surface area contributed by atoms with Crippen LogP contribution in [0.4, 0.5) is 23.1 Å². The molecule has 1 saturated heterocycles. The van der Waals surface area contributed by atoms with Gasteiger partial charge in [-0.25, -0.2) is 19.9 Å². The van der Waals surface area contributed by atoms with Crippen molar-refractivity contribution in [3.8, 4) is 6.07 Å². The van der Waals surface area contributed by atoms with Crippen LogP contribution < -0.4 is 15.5 Å². The van der Waals surface area contributed by atoms with Crippen LogP contribution in [0.25, 0.3) is 11.0 Å². The minimum atomic E-state index is -0.577. The van der Waals surface area contributed by atoms with Crippen LogP contribution in [0.3, 0.4) is 0 Å². The molecule has 41 heavy (non-hydrogen) atoms. The number of hydrogen-bond donors (Lipinski definition) is 2. The summed E-state index contributed by atoms with van der Waals surface area (Å²) in [5.41, 5.74) is 4.25. The molecule has 1 aromatic carbocycles. The monoisotopic (exact) mass is 551 g/mol. The molecule has 212 valence electrons. The smallest absolute Gasteiger partial charge is 0.255 e. The molecule has 1 aliphatic rings. The largest absolute Gasteiger partial charge is 0.338 e. The Balaban J connectivity index is 1.50. The zero-order valence-corrected chi connectivity index (χ0v) is 24.4. The Labute approximate surface area is 241 Å². The van der Waals surface area contributed by atoms with Crippen molar-refractivity contribution in [1.82, 2.24) is 24.8 Å². The topological polar surface area (TPSA) is 123 Å². The summed E-state index contributed by atoms with van der Waals surface area (Å²) in [6.45, 7) is 18.3. The summed E-state index contributed by atoms with van der Waals surface area (Å²) in [4.78, 5) is 35.6. The van der Waals surface area contributed by atoms with Gasteiger partial charge in [0.25, 0.3) is 5.91 Å². The number of nitrogens with zero attached hydrogens (tertiary/aromatic N) is 7. The summed E-state index contributed by atoms with van der Waals surface area (Å²) in [5.74, 6) is 0.901. The van der Waals surface area contributed by atoms with Gasteiger partial charge < -0.3 is 20.4 Å². The molecule has 10 heteroatoms. The number of aryl methyl sites for hydroxylation is 1. The van der Waals surface area contributed by atoms with E-state index in [2.05, 4.69) is 55.0 Å². The minimum absolute atomic E-state index is 0.296. The van der Waals surface area contributed by atoms with Crippen molar-refractivity contribution in [3.05, 3.63) is 72.2 Å². The molecule has 0 radical (unpaired) electrons. The van der Waals surface area contributed by atoms with E-state index in [4.69, 9.17) is 4.98 Å². The molecule has 3 aromatic rings. The first-order valence-electron chi connectivity index (χ1n) is 13.7. The van der Waals surface area contributed by atoms with Crippen molar-refractivity contribution in [2.24, 2.45) is 5.41 Å². The van der Waals surface area contributed by atoms with Crippen LogP contribution in [0.2, 0.25) is 0 Å². The molecule has 1 aliphatic heterocycles. The number of benzene rings is 1. The number of anilines is 4. The molecule has 10 nitrogen and oxygen atoms in total. The van der Waals surface area contributed by atoms with Crippen molar-refractivity contribution >= 4 is 40.1 Å². The number of amides is 1. The second-order valence-corrected chi connectivity index (χ2v) is 10.6. The summed E-state index contributed by atoms with van der Waals surface area (Å²) in [6.07, 6.45) is 8.41. The van der Waals surface area contributed by atoms with E-state index in [0.29, 0.717) is 34.1 Å². The summed E-state index contributed by atoms with van der Waals surface area (Å²) in [7, 11) is 0. The average molecular weight is 552 g/mol. The number of nitriles is 1. The number of aromatic nitrogens is 4. The van der Waals surface area contributed by atoms with Gasteiger partial charge in [0.1, 0.15) is 17.4 Å². The van der Waals surface area contributed by atoms with Crippen LogP contribution in [0.1, 0.15) is 33.3 Å². The fourth-order valence-electron chi connectivity index (χ4n) is 4.21. The van der Waals surface area contributed by atoms with Crippen LogP contribution in [0.15, 0.2) is 66.7 Å². The summed E-state index contributed by atoms with van der Waals surface area (Å²) in [6, 6.07) is 7.87. The van der Waals surface area contributed by atoms with Crippen molar-refractivity contribution in [1.29, 1.82) is 5.26 Å². The Bertz CT molecular complexity index is 1540. The first-order chi connectivity index (χ1) is 19.6. The number of carbonyl (C=O) groups is 1. The predicted octanol–water partition coefficient (Wildman–Crippen LogP) is 5.16. The van der Waals surface area contributed by atoms with Gasteiger partial charge in [-0.1, -0.05) is 43.4 Å². The molecule has 0 spiro atoms. The van der Waals surface area contributed by atoms with E-state index in [1.807, 2.05) is 52.0 Å². The van der Waals surface area contributed by atoms with Crippen LogP contribution in [0.5, 0.6) is 0 Å². The van der Waals surface area contributed by atoms with Crippen LogP contribution >= 0.6 is 0 Å². The third kappa shape index (κ3) is 7.13. The van der Waals surface area contributed by atoms with Gasteiger partial charge in [-0.3, -0.25) is 4.79 Å². The Morgan fingerprint density at radius 3 is 2.66 bits per heavy atom. The van der Waals surface area contributed by atoms with E-state index in [1.54, 1.807) is 18.3 Å². The predicted molar refractivity (Wildman–Crippen MR) is 164 cm³/mol. The number of nitrogens with one attached hydrogen (secondary N) is 2. The SMILES string of the molecule is C=C(/C=C\C=C(/C)C(C)(C)C#N)C(=O)Nc1ccc(C)c(Nc2ncnc3cnc(N4CCN(CC)CC4)nc23)c1. The number of hydrogen-bond acceptors (Lipinski definition) is 9. The fourth-order valence-corrected chi connectivity index (χ4v) is 4.21. The van der Waals surface area contributed by atoms with Crippen LogP contribution in [-0.4, -0.2) is 63.5 Å². The molecule has 0 bridgehead atoms. The third-order valence-electron chi connectivity index (χ3n) is 7.42. The lowest BCUT2D eigenvalue weighted by Crippen LogP contribution is -2.46. The van der Waals surface area contributed by atoms with Gasteiger partial charge in [0.15, 0.2) is 5.82 Å². The second kappa shape index (κ2) is 12.7. The first kappa shape index (κ1) is 29.4. The van der Waals surface area contributed by atoms with Gasteiger partial charge in [0.2, 0.25) is 5.95 Å². The van der Waals surface area contributed by atoms with Gasteiger partial charge >= 0.3 is 0 Å². The van der Waals surface area contributed by atoms with Gasteiger partial charge in [-0.15, -0.1) is 0 Å². The van der Waals surface area contributed by atoms with E-state index in [0.717, 1.165) is 49.5 Å². The highest BCUT2D eigenvalue weighted by Gasteiger charge is 2.20. The molecule has 3 heterocycles. The molecule has 1 fully saturated rings. The van der Waals surface area contributed by atoms with Crippen molar-refractivity contribution in [2.75, 3.05) is 48.3 Å². The molecule has 1 amide bonds. The lowest BCUT2D eigenvalue weighted by molar-refractivity contribution is -0.112. The Morgan fingerprint density at radius 2 is 1.95 bits per heavy atom. The Morgan fingerprint density at radius 1 is 1.20 bits per heavy atom. The molecular weight excluding hydrogens is 514 g/mol. The molecular formula is C31H37N9O. The zero-order chi connectivity index (χ0) is 29.6. The van der Waals surface area contributed by atoms with E-state index in [-0.39, 0.29) is 5.91 Å². The fraction of sp³-hybridized carbons (Fsp3) is 0.355. The highest BCUT2D eigenvalue weighted by Crippen LogP contribution is 2.28. The van der Waals surface area contributed by atoms with E-state index < -0.39 is 5.41 Å². The molecule has 2 N–H and O–H groups in total. The second-order valence-electron chi connectivity index (χ2n) is 10.6. The molecule has 0 atom stereocenters. The molecule has 0 aliphatic carbocycles. The van der Waals surface area contributed by atoms with E-state index >= 15 is 0 Å². The standard InChI is InChI=1S/C31H37N9O/c1-7-39-13-15-40(16-14-39)30-33-18-26-27(38-30)28(35-20-34-26)37-25-17-24(12-11-21(25)2)36-29(41)22(3)9-8-10-23(4)31(5,6)19-32/h8-12,17-18,20H,3,7,13-16H2,1-2,4-6H3,(H,36,41)(H,34,35,37)/b9-8-,23-10+. The zero-order valence-electron chi connectivity index (χ0n) is 24.4. The number of carbonyl (C=O) groups excluding carboxylic acids is 1. The molecule has 4 rings (SSSR count). The summed E-state index contributed by atoms with van der Waals surface area (Å²) in [5, 5.41) is 15.6. The van der Waals surface area contributed by atoms with Crippen molar-refractivity contribution in [3.63, 3.8) is 0 Å². The van der Waals surface area contributed by atoms with Crippen molar-refractivity contribution in [2.45, 2.75) is 34.6 Å². The number of rotatable bonds is 9. The quantitative estimate of drug-likeness (QED) is 0.274. The number of piperazine rings is 1. The molecule has 0 saturated carbocycles. The highest BCUT2D eigenvalue weighted by molar-refractivity contribution is 6.05. The van der Waals surface area contributed by atoms with Crippen molar-refractivity contribution < 1.29 is 4.79 Å². The maximum absolute atomic E-state index is 12.8. The maximum atomic E-state index is 12.8. The third-order valence-corrected chi connectivity index (χ3v) is 7.42. The molecule has 2 aromatic heterocycles. The van der Waals surface area contributed by atoms with Gasteiger partial charge in [-0.05, 0) is 51.9 Å². The maximum Gasteiger partial charge on any atom is 0.255 e. The minimum Gasteiger partial charge on any atom is -0.338 e. The summed E-state index contributed by atoms with van der Waals surface area (Å²) < 4.78 is 0. The Kier molecular flexibility index (Phi) is 9.10. The molecule has 0 unspecified atom stereocenters. The number of allylic oxidation sites excluding steroid dienone is 3.